The van der Waals surface area contributed by atoms with E-state index < -0.39 is 12.1 Å². The molecule has 1 unspecified atom stereocenters. The summed E-state index contributed by atoms with van der Waals surface area (Å²) in [6.45, 7) is 0. The summed E-state index contributed by atoms with van der Waals surface area (Å²) in [6.07, 6.45) is 0.978. The van der Waals surface area contributed by atoms with Crippen molar-refractivity contribution in [2.75, 3.05) is 0 Å². The fourth-order valence-corrected chi connectivity index (χ4v) is 4.95. The first-order valence-electron chi connectivity index (χ1n) is 7.54. The van der Waals surface area contributed by atoms with Crippen molar-refractivity contribution in [1.29, 1.82) is 0 Å². The largest absolute Gasteiger partial charge is 0.391 e. The number of halogens is 4. The zero-order valence-electron chi connectivity index (χ0n) is 11.7. The van der Waals surface area contributed by atoms with Crippen LogP contribution in [-0.4, -0.2) is 12.2 Å². The molecule has 1 N–H and O–H groups in total. The van der Waals surface area contributed by atoms with E-state index in [1.54, 1.807) is 11.3 Å². The molecule has 6 heteroatoms. The average molecular weight is 338 g/mol. The molecule has 1 aromatic rings. The van der Waals surface area contributed by atoms with Crippen molar-refractivity contribution < 1.29 is 13.2 Å². The second-order valence-electron chi connectivity index (χ2n) is 6.13. The molecule has 0 saturated heterocycles. The molecule has 0 aromatic carbocycles. The van der Waals surface area contributed by atoms with Gasteiger partial charge >= 0.3 is 6.18 Å². The first-order valence-corrected chi connectivity index (χ1v) is 8.74. The molecule has 1 aromatic heterocycles. The van der Waals surface area contributed by atoms with Crippen molar-refractivity contribution in [2.45, 2.75) is 63.2 Å². The molecular formula is C15H19ClF3NS. The van der Waals surface area contributed by atoms with Crippen LogP contribution in [0.15, 0.2) is 6.07 Å². The van der Waals surface area contributed by atoms with E-state index in [1.807, 2.05) is 6.07 Å². The molecule has 1 heterocycles. The fraction of sp³-hybridized carbons (Fsp3) is 0.733. The minimum absolute atomic E-state index is 0.207. The van der Waals surface area contributed by atoms with Crippen LogP contribution >= 0.6 is 22.9 Å². The first-order chi connectivity index (χ1) is 9.93. The van der Waals surface area contributed by atoms with Crippen molar-refractivity contribution in [1.82, 2.24) is 5.32 Å². The van der Waals surface area contributed by atoms with E-state index in [2.05, 4.69) is 5.32 Å². The number of hydrogen-bond donors (Lipinski definition) is 1. The summed E-state index contributed by atoms with van der Waals surface area (Å²) >= 11 is 7.73. The summed E-state index contributed by atoms with van der Waals surface area (Å²) in [5.41, 5.74) is 1.27. The molecule has 0 radical (unpaired) electrons. The maximum atomic E-state index is 12.7. The Hall–Kier alpha value is -0.260. The second-order valence-corrected chi connectivity index (χ2v) is 7.90. The van der Waals surface area contributed by atoms with Crippen molar-refractivity contribution >= 4 is 22.9 Å². The highest BCUT2D eigenvalue weighted by atomic mass is 35.5. The molecule has 1 atom stereocenters. The summed E-state index contributed by atoms with van der Waals surface area (Å²) in [5.74, 6) is -1.10. The first kappa shape index (κ1) is 15.6. The van der Waals surface area contributed by atoms with Gasteiger partial charge < -0.3 is 5.32 Å². The molecule has 3 rings (SSSR count). The van der Waals surface area contributed by atoms with Crippen molar-refractivity contribution in [2.24, 2.45) is 5.92 Å². The third-order valence-corrected chi connectivity index (χ3v) is 6.05. The highest BCUT2D eigenvalue weighted by Gasteiger charge is 2.41. The Labute approximate surface area is 131 Å². The Morgan fingerprint density at radius 3 is 2.52 bits per heavy atom. The maximum absolute atomic E-state index is 12.7. The van der Waals surface area contributed by atoms with Gasteiger partial charge in [0.15, 0.2) is 0 Å². The molecule has 1 fully saturated rings. The third-order valence-electron chi connectivity index (χ3n) is 4.71. The topological polar surface area (TPSA) is 12.0 Å². The standard InChI is InChI=1S/C15H19ClF3NS/c16-14-8-11-12(2-1-3-13(11)21-14)20-10-6-4-9(5-7-10)15(17,18)19/h8-10,12,20H,1-7H2. The van der Waals surface area contributed by atoms with Crippen LogP contribution in [-0.2, 0) is 6.42 Å². The molecule has 118 valence electrons. The fourth-order valence-electron chi connectivity index (χ4n) is 3.57. The number of hydrogen-bond acceptors (Lipinski definition) is 2. The second kappa shape index (κ2) is 6.09. The molecule has 0 amide bonds. The van der Waals surface area contributed by atoms with E-state index in [0.717, 1.165) is 23.6 Å². The van der Waals surface area contributed by atoms with Crippen molar-refractivity contribution in [3.05, 3.63) is 20.8 Å². The van der Waals surface area contributed by atoms with E-state index in [-0.39, 0.29) is 24.9 Å². The van der Waals surface area contributed by atoms with Crippen LogP contribution in [0.2, 0.25) is 4.34 Å². The van der Waals surface area contributed by atoms with Crippen LogP contribution in [0.25, 0.3) is 0 Å². The van der Waals surface area contributed by atoms with Gasteiger partial charge in [-0.2, -0.15) is 13.2 Å². The van der Waals surface area contributed by atoms with Gasteiger partial charge in [0.25, 0.3) is 0 Å². The summed E-state index contributed by atoms with van der Waals surface area (Å²) in [5, 5.41) is 3.58. The number of thiophene rings is 1. The van der Waals surface area contributed by atoms with E-state index in [4.69, 9.17) is 11.6 Å². The van der Waals surface area contributed by atoms with Crippen LogP contribution < -0.4 is 5.32 Å². The number of rotatable bonds is 2. The Balaban J connectivity index is 1.59. The van der Waals surface area contributed by atoms with Crippen LogP contribution in [0.5, 0.6) is 0 Å². The highest BCUT2D eigenvalue weighted by molar-refractivity contribution is 7.16. The van der Waals surface area contributed by atoms with E-state index >= 15 is 0 Å². The molecule has 0 spiro atoms. The normalized spacial score (nSPS) is 30.2. The van der Waals surface area contributed by atoms with Crippen molar-refractivity contribution in [3.8, 4) is 0 Å². The Bertz CT molecular complexity index is 492. The smallest absolute Gasteiger partial charge is 0.307 e. The molecular weight excluding hydrogens is 319 g/mol. The minimum atomic E-state index is -4.02. The molecule has 0 bridgehead atoms. The van der Waals surface area contributed by atoms with E-state index in [1.165, 1.54) is 10.4 Å². The molecule has 21 heavy (non-hydrogen) atoms. The number of nitrogens with one attached hydrogen (secondary N) is 1. The van der Waals surface area contributed by atoms with Crippen LogP contribution in [0.4, 0.5) is 13.2 Å². The molecule has 1 saturated carbocycles. The lowest BCUT2D eigenvalue weighted by atomic mass is 9.84. The van der Waals surface area contributed by atoms with E-state index in [0.29, 0.717) is 12.8 Å². The Kier molecular flexibility index (Phi) is 4.53. The summed E-state index contributed by atoms with van der Waals surface area (Å²) in [4.78, 5) is 1.34. The van der Waals surface area contributed by atoms with Crippen LogP contribution in [0, 0.1) is 5.92 Å². The number of fused-ring (bicyclic) bond motifs is 1. The lowest BCUT2D eigenvalue weighted by Crippen LogP contribution is -2.39. The van der Waals surface area contributed by atoms with Crippen molar-refractivity contribution in [3.63, 3.8) is 0 Å². The lowest BCUT2D eigenvalue weighted by molar-refractivity contribution is -0.182. The number of alkyl halides is 3. The van der Waals surface area contributed by atoms with Gasteiger partial charge in [-0.3, -0.25) is 0 Å². The summed E-state index contributed by atoms with van der Waals surface area (Å²) in [6, 6.07) is 2.50. The van der Waals surface area contributed by atoms with Crippen LogP contribution in [0.3, 0.4) is 0 Å². The monoisotopic (exact) mass is 337 g/mol. The average Bonchev–Trinajstić information content (AvgIpc) is 2.80. The molecule has 0 aliphatic heterocycles. The maximum Gasteiger partial charge on any atom is 0.391 e. The van der Waals surface area contributed by atoms with Gasteiger partial charge in [-0.1, -0.05) is 11.6 Å². The van der Waals surface area contributed by atoms with Gasteiger partial charge in [-0.25, -0.2) is 0 Å². The Morgan fingerprint density at radius 1 is 1.14 bits per heavy atom. The summed E-state index contributed by atoms with van der Waals surface area (Å²) in [7, 11) is 0. The van der Waals surface area contributed by atoms with Crippen LogP contribution in [0.1, 0.15) is 55.0 Å². The number of aryl methyl sites for hydroxylation is 1. The highest BCUT2D eigenvalue weighted by Crippen LogP contribution is 2.41. The SMILES string of the molecule is FC(F)(F)C1CCC(NC2CCCc3sc(Cl)cc32)CC1. The molecule has 1 nitrogen and oxygen atoms in total. The van der Waals surface area contributed by atoms with Gasteiger partial charge in [0.2, 0.25) is 0 Å². The predicted molar refractivity (Wildman–Crippen MR) is 79.9 cm³/mol. The minimum Gasteiger partial charge on any atom is -0.307 e. The lowest BCUT2D eigenvalue weighted by Gasteiger charge is -2.34. The van der Waals surface area contributed by atoms with Gasteiger partial charge in [0.1, 0.15) is 0 Å². The van der Waals surface area contributed by atoms with E-state index in [9.17, 15) is 13.2 Å². The molecule has 2 aliphatic rings. The molecule has 2 aliphatic carbocycles. The predicted octanol–water partition coefficient (Wildman–Crippen LogP) is 5.49. The quantitative estimate of drug-likeness (QED) is 0.752. The van der Waals surface area contributed by atoms with Gasteiger partial charge in [0, 0.05) is 17.0 Å². The zero-order valence-corrected chi connectivity index (χ0v) is 13.3. The van der Waals surface area contributed by atoms with Gasteiger partial charge in [-0.05, 0) is 56.6 Å². The van der Waals surface area contributed by atoms with Gasteiger partial charge in [0.05, 0.1) is 10.3 Å². The van der Waals surface area contributed by atoms with Gasteiger partial charge in [-0.15, -0.1) is 11.3 Å². The summed E-state index contributed by atoms with van der Waals surface area (Å²) < 4.78 is 38.9. The zero-order chi connectivity index (χ0) is 15.0. The third kappa shape index (κ3) is 3.57. The Morgan fingerprint density at radius 2 is 1.86 bits per heavy atom.